The lowest BCUT2D eigenvalue weighted by Crippen LogP contribution is -2.57. The van der Waals surface area contributed by atoms with Crippen molar-refractivity contribution in [2.75, 3.05) is 19.0 Å². The Morgan fingerprint density at radius 2 is 1.92 bits per heavy atom. The molecule has 4 saturated carbocycles. The summed E-state index contributed by atoms with van der Waals surface area (Å²) in [7, 11) is 1.76. The van der Waals surface area contributed by atoms with Gasteiger partial charge in [-0.15, -0.1) is 0 Å². The Labute approximate surface area is 166 Å². The predicted octanol–water partition coefficient (Wildman–Crippen LogP) is 5.57. The van der Waals surface area contributed by atoms with E-state index in [4.69, 9.17) is 4.74 Å². The first kappa shape index (κ1) is 19.4. The minimum absolute atomic E-state index is 0.114. The van der Waals surface area contributed by atoms with Crippen LogP contribution in [0.15, 0.2) is 0 Å². The van der Waals surface area contributed by atoms with E-state index in [-0.39, 0.29) is 23.2 Å². The van der Waals surface area contributed by atoms with Gasteiger partial charge in [0.1, 0.15) is 11.5 Å². The summed E-state index contributed by atoms with van der Waals surface area (Å²) < 4.78 is 21.7. The Morgan fingerprint density at radius 3 is 2.65 bits per heavy atom. The number of fused-ring (bicyclic) bond motifs is 5. The highest BCUT2D eigenvalue weighted by molar-refractivity contribution is 9.09. The van der Waals surface area contributed by atoms with Crippen molar-refractivity contribution in [3.63, 3.8) is 0 Å². The van der Waals surface area contributed by atoms with Crippen molar-refractivity contribution < 1.29 is 13.9 Å². The average Bonchev–Trinajstić information content (AvgIpc) is 2.99. The third-order valence-corrected chi connectivity index (χ3v) is 9.61. The van der Waals surface area contributed by atoms with Crippen LogP contribution in [0.3, 0.4) is 0 Å². The van der Waals surface area contributed by atoms with E-state index in [0.717, 1.165) is 58.0 Å². The lowest BCUT2D eigenvalue weighted by Gasteiger charge is -2.58. The van der Waals surface area contributed by atoms with Gasteiger partial charge in [-0.2, -0.15) is 0 Å². The number of ether oxygens (including phenoxy) is 1. The van der Waals surface area contributed by atoms with Gasteiger partial charge in [-0.3, -0.25) is 4.79 Å². The summed E-state index contributed by atoms with van der Waals surface area (Å²) in [5, 5.41) is 0.476. The molecule has 2 nitrogen and oxygen atoms in total. The molecule has 0 amide bonds. The third kappa shape index (κ3) is 2.84. The monoisotopic (exact) mass is 428 g/mol. The first-order valence-corrected chi connectivity index (χ1v) is 11.8. The molecule has 8 atom stereocenters. The zero-order chi connectivity index (χ0) is 18.5. The van der Waals surface area contributed by atoms with Gasteiger partial charge in [0.15, 0.2) is 0 Å². The van der Waals surface area contributed by atoms with Gasteiger partial charge in [-0.1, -0.05) is 22.9 Å². The molecule has 0 aromatic rings. The molecule has 0 aromatic carbocycles. The van der Waals surface area contributed by atoms with E-state index >= 15 is 4.39 Å². The number of halogens is 2. The van der Waals surface area contributed by atoms with E-state index < -0.39 is 5.67 Å². The van der Waals surface area contributed by atoms with Crippen molar-refractivity contribution >= 4 is 21.7 Å². The molecule has 26 heavy (non-hydrogen) atoms. The zero-order valence-corrected chi connectivity index (χ0v) is 17.9. The average molecular weight is 429 g/mol. The molecule has 4 fully saturated rings. The summed E-state index contributed by atoms with van der Waals surface area (Å²) in [6.45, 7) is 3.14. The van der Waals surface area contributed by atoms with E-state index in [2.05, 4.69) is 22.9 Å². The standard InChI is InChI=1S/C22H34BrFO2/c1-21-9-8-18-16(17(21)5-6-19(21)20(25)12-23)4-3-15-11-14(13-26-2)7-10-22(15,18)24/h14-19H,3-13H2,1-2H3/t14?,15-,16+,17?,18?,19-,21+,22-/m1/s1. The van der Waals surface area contributed by atoms with Crippen LogP contribution in [0.5, 0.6) is 0 Å². The summed E-state index contributed by atoms with van der Waals surface area (Å²) in [5.74, 6) is 2.65. The molecule has 0 bridgehead atoms. The van der Waals surface area contributed by atoms with Gasteiger partial charge in [0, 0.05) is 19.6 Å². The molecule has 4 rings (SSSR count). The molecule has 3 unspecified atom stereocenters. The molecule has 0 N–H and O–H groups in total. The van der Waals surface area contributed by atoms with Gasteiger partial charge in [-0.25, -0.2) is 4.39 Å². The van der Waals surface area contributed by atoms with E-state index in [1.807, 2.05) is 0 Å². The SMILES string of the molecule is COCC1CC[C@]2(F)C3CC[C@@]4(C)C(CC[C@@H]4C(=O)CBr)[C@@H]3CC[C@@H]2C1. The molecular weight excluding hydrogens is 395 g/mol. The lowest BCUT2D eigenvalue weighted by atomic mass is 9.48. The van der Waals surface area contributed by atoms with Crippen LogP contribution in [0.4, 0.5) is 4.39 Å². The van der Waals surface area contributed by atoms with Crippen LogP contribution in [0.2, 0.25) is 0 Å². The van der Waals surface area contributed by atoms with Crippen molar-refractivity contribution in [1.29, 1.82) is 0 Å². The molecule has 0 saturated heterocycles. The third-order valence-electron chi connectivity index (χ3n) is 9.06. The fourth-order valence-electron chi connectivity index (χ4n) is 7.88. The number of methoxy groups -OCH3 is 1. The van der Waals surface area contributed by atoms with Crippen molar-refractivity contribution in [2.24, 2.45) is 40.9 Å². The summed E-state index contributed by atoms with van der Waals surface area (Å²) >= 11 is 3.39. The van der Waals surface area contributed by atoms with Crippen molar-refractivity contribution in [1.82, 2.24) is 0 Å². The van der Waals surface area contributed by atoms with Crippen LogP contribution in [0.1, 0.15) is 64.7 Å². The van der Waals surface area contributed by atoms with Crippen LogP contribution in [0.25, 0.3) is 0 Å². The highest BCUT2D eigenvalue weighted by Crippen LogP contribution is 2.66. The highest BCUT2D eigenvalue weighted by atomic mass is 79.9. The second-order valence-corrected chi connectivity index (χ2v) is 10.5. The Morgan fingerprint density at radius 1 is 1.12 bits per heavy atom. The quantitative estimate of drug-likeness (QED) is 0.546. The maximum absolute atomic E-state index is 16.4. The summed E-state index contributed by atoms with van der Waals surface area (Å²) in [6.07, 6.45) is 9.14. The molecule has 0 heterocycles. The maximum atomic E-state index is 16.4. The molecular formula is C22H34BrFO2. The molecule has 4 aliphatic carbocycles. The van der Waals surface area contributed by atoms with Crippen LogP contribution < -0.4 is 0 Å². The van der Waals surface area contributed by atoms with Crippen LogP contribution in [-0.2, 0) is 9.53 Å². The topological polar surface area (TPSA) is 26.3 Å². The number of ketones is 1. The Kier molecular flexibility index (Phi) is 5.31. The molecule has 0 aromatic heterocycles. The van der Waals surface area contributed by atoms with Gasteiger partial charge < -0.3 is 4.74 Å². The number of hydrogen-bond acceptors (Lipinski definition) is 2. The van der Waals surface area contributed by atoms with Crippen molar-refractivity contribution in [3.8, 4) is 0 Å². The number of alkyl halides is 2. The van der Waals surface area contributed by atoms with Crippen molar-refractivity contribution in [3.05, 3.63) is 0 Å². The molecule has 4 aliphatic rings. The largest absolute Gasteiger partial charge is 0.384 e. The van der Waals surface area contributed by atoms with Gasteiger partial charge in [-0.05, 0) is 92.8 Å². The minimum Gasteiger partial charge on any atom is -0.384 e. The van der Waals surface area contributed by atoms with Crippen LogP contribution >= 0.6 is 15.9 Å². The number of carbonyl (C=O) groups excluding carboxylic acids is 1. The fraction of sp³-hybridized carbons (Fsp3) is 0.955. The maximum Gasteiger partial charge on any atom is 0.147 e. The molecule has 148 valence electrons. The van der Waals surface area contributed by atoms with E-state index in [0.29, 0.717) is 28.9 Å². The summed E-state index contributed by atoms with van der Waals surface area (Å²) in [4.78, 5) is 12.5. The first-order chi connectivity index (χ1) is 12.4. The Balaban J connectivity index is 1.54. The van der Waals surface area contributed by atoms with Crippen LogP contribution in [-0.4, -0.2) is 30.5 Å². The summed E-state index contributed by atoms with van der Waals surface area (Å²) in [6, 6.07) is 0. The number of carbonyl (C=O) groups is 1. The second kappa shape index (κ2) is 7.13. The number of Topliss-reactive ketones (excluding diaryl/α,β-unsaturated/α-hetero) is 1. The minimum atomic E-state index is -0.952. The molecule has 0 spiro atoms. The lowest BCUT2D eigenvalue weighted by molar-refractivity contribution is -0.147. The molecule has 0 radical (unpaired) electrons. The van der Waals surface area contributed by atoms with Crippen LogP contribution in [0, 0.1) is 40.9 Å². The van der Waals surface area contributed by atoms with E-state index in [9.17, 15) is 4.79 Å². The Bertz CT molecular complexity index is 554. The second-order valence-electron chi connectivity index (χ2n) is 9.95. The number of hydrogen-bond donors (Lipinski definition) is 0. The van der Waals surface area contributed by atoms with Gasteiger partial charge in [0.25, 0.3) is 0 Å². The van der Waals surface area contributed by atoms with Gasteiger partial charge >= 0.3 is 0 Å². The first-order valence-electron chi connectivity index (χ1n) is 10.7. The normalized spacial score (nSPS) is 50.6. The number of rotatable bonds is 4. The van der Waals surface area contributed by atoms with Crippen molar-refractivity contribution in [2.45, 2.75) is 70.4 Å². The predicted molar refractivity (Wildman–Crippen MR) is 105 cm³/mol. The van der Waals surface area contributed by atoms with Gasteiger partial charge in [0.05, 0.1) is 5.33 Å². The van der Waals surface area contributed by atoms with E-state index in [1.165, 1.54) is 6.42 Å². The van der Waals surface area contributed by atoms with Gasteiger partial charge in [0.2, 0.25) is 0 Å². The smallest absolute Gasteiger partial charge is 0.147 e. The molecule has 4 heteroatoms. The fourth-order valence-corrected chi connectivity index (χ4v) is 8.27. The zero-order valence-electron chi connectivity index (χ0n) is 16.3. The van der Waals surface area contributed by atoms with E-state index in [1.54, 1.807) is 7.11 Å². The Hall–Kier alpha value is 0.0400. The molecule has 0 aliphatic heterocycles. The highest BCUT2D eigenvalue weighted by Gasteiger charge is 2.62. The summed E-state index contributed by atoms with van der Waals surface area (Å²) in [5.41, 5.74) is -0.839.